The molecule has 0 spiro atoms. The van der Waals surface area contributed by atoms with Crippen LogP contribution in [0.5, 0.6) is 5.75 Å². The Bertz CT molecular complexity index is 1340. The van der Waals surface area contributed by atoms with Gasteiger partial charge in [0.15, 0.2) is 17.2 Å². The van der Waals surface area contributed by atoms with Crippen LogP contribution in [0.15, 0.2) is 42.7 Å². The van der Waals surface area contributed by atoms with Crippen LogP contribution in [-0.4, -0.2) is 63.1 Å². The van der Waals surface area contributed by atoms with E-state index in [2.05, 4.69) is 62.4 Å². The number of carbonyl (C=O) groups excluding carboxylic acids is 1. The number of pyridine rings is 1. The fraction of sp³-hybridized carbons (Fsp3) is 0.407. The molecular formula is C27H31N7O2. The Morgan fingerprint density at radius 3 is 2.78 bits per heavy atom. The van der Waals surface area contributed by atoms with Gasteiger partial charge in [-0.15, -0.1) is 0 Å². The number of likely N-dealkylation sites (tertiary alicyclic amines) is 1. The lowest BCUT2D eigenvalue weighted by Gasteiger charge is -2.36. The van der Waals surface area contributed by atoms with Crippen LogP contribution < -0.4 is 20.3 Å². The molecule has 3 aliphatic rings. The molecule has 1 aromatic carbocycles. The van der Waals surface area contributed by atoms with E-state index in [0.717, 1.165) is 30.9 Å². The van der Waals surface area contributed by atoms with Gasteiger partial charge in [0.2, 0.25) is 5.95 Å². The summed E-state index contributed by atoms with van der Waals surface area (Å²) in [5, 5.41) is 6.14. The Morgan fingerprint density at radius 1 is 1.17 bits per heavy atom. The maximum Gasteiger partial charge on any atom is 0.269 e. The molecule has 2 atom stereocenters. The SMILES string of the molecule is CCN1C[C@H]2C[C@H]1CN2c1ccc(Nc2nccc(-c3cnc4c(c3)OC(C)(C)C(=O)N4)n2)cc1C. The average Bonchev–Trinajstić information content (AvgIpc) is 3.45. The topological polar surface area (TPSA) is 95.5 Å². The summed E-state index contributed by atoms with van der Waals surface area (Å²) in [6.07, 6.45) is 4.66. The molecule has 9 heteroatoms. The lowest BCUT2D eigenvalue weighted by atomic mass is 10.1. The number of likely N-dealkylation sites (N-methyl/N-ethyl adjacent to an activating group) is 1. The van der Waals surface area contributed by atoms with E-state index in [1.807, 2.05) is 12.1 Å². The Kier molecular flexibility index (Phi) is 5.33. The molecule has 9 nitrogen and oxygen atoms in total. The first-order valence-electron chi connectivity index (χ1n) is 12.5. The molecule has 0 unspecified atom stereocenters. The van der Waals surface area contributed by atoms with Crippen molar-refractivity contribution in [1.82, 2.24) is 19.9 Å². The van der Waals surface area contributed by atoms with Gasteiger partial charge in [-0.3, -0.25) is 9.69 Å². The number of anilines is 4. The first kappa shape index (κ1) is 22.7. The fourth-order valence-corrected chi connectivity index (χ4v) is 5.53. The van der Waals surface area contributed by atoms with E-state index in [1.54, 1.807) is 26.2 Å². The molecular weight excluding hydrogens is 454 g/mol. The highest BCUT2D eigenvalue weighted by atomic mass is 16.5. The smallest absolute Gasteiger partial charge is 0.269 e. The van der Waals surface area contributed by atoms with Gasteiger partial charge in [0.25, 0.3) is 5.91 Å². The molecule has 2 fully saturated rings. The van der Waals surface area contributed by atoms with Gasteiger partial charge < -0.3 is 20.3 Å². The van der Waals surface area contributed by atoms with E-state index in [0.29, 0.717) is 35.3 Å². The van der Waals surface area contributed by atoms with E-state index < -0.39 is 5.60 Å². The van der Waals surface area contributed by atoms with Crippen LogP contribution in [0, 0.1) is 6.92 Å². The van der Waals surface area contributed by atoms with Crippen molar-refractivity contribution in [3.63, 3.8) is 0 Å². The first-order valence-corrected chi connectivity index (χ1v) is 12.5. The largest absolute Gasteiger partial charge is 0.474 e. The molecule has 0 saturated carbocycles. The molecule has 0 aliphatic carbocycles. The zero-order valence-electron chi connectivity index (χ0n) is 21.1. The van der Waals surface area contributed by atoms with Crippen molar-refractivity contribution in [2.75, 3.05) is 35.2 Å². The average molecular weight is 486 g/mol. The van der Waals surface area contributed by atoms with Gasteiger partial charge in [-0.05, 0) is 69.6 Å². The van der Waals surface area contributed by atoms with Crippen LogP contribution in [0.4, 0.5) is 23.1 Å². The van der Waals surface area contributed by atoms with Gasteiger partial charge in [0.05, 0.1) is 5.69 Å². The summed E-state index contributed by atoms with van der Waals surface area (Å²) in [4.78, 5) is 30.8. The second kappa shape index (κ2) is 8.44. The third-order valence-corrected chi connectivity index (χ3v) is 7.47. The van der Waals surface area contributed by atoms with E-state index in [1.165, 1.54) is 17.7 Å². The number of hydrogen-bond acceptors (Lipinski definition) is 8. The summed E-state index contributed by atoms with van der Waals surface area (Å²) < 4.78 is 5.88. The number of ether oxygens (including phenoxy) is 1. The highest BCUT2D eigenvalue weighted by Crippen LogP contribution is 2.37. The minimum Gasteiger partial charge on any atom is -0.474 e. The third kappa shape index (κ3) is 3.93. The first-order chi connectivity index (χ1) is 17.3. The Morgan fingerprint density at radius 2 is 2.03 bits per heavy atom. The number of piperazine rings is 1. The number of nitrogens with zero attached hydrogens (tertiary/aromatic N) is 5. The Hall–Kier alpha value is -3.72. The quantitative estimate of drug-likeness (QED) is 0.560. The van der Waals surface area contributed by atoms with E-state index >= 15 is 0 Å². The van der Waals surface area contributed by atoms with Crippen LogP contribution >= 0.6 is 0 Å². The van der Waals surface area contributed by atoms with Crippen LogP contribution in [0.1, 0.15) is 32.8 Å². The Labute approximate surface area is 210 Å². The van der Waals surface area contributed by atoms with Crippen molar-refractivity contribution >= 4 is 29.0 Å². The number of benzene rings is 1. The highest BCUT2D eigenvalue weighted by Gasteiger charge is 2.42. The molecule has 5 heterocycles. The molecule has 2 saturated heterocycles. The summed E-state index contributed by atoms with van der Waals surface area (Å²) in [7, 11) is 0. The number of amides is 1. The van der Waals surface area contributed by atoms with Gasteiger partial charge in [-0.1, -0.05) is 6.92 Å². The van der Waals surface area contributed by atoms with Gasteiger partial charge in [-0.25, -0.2) is 15.0 Å². The Balaban J connectivity index is 1.20. The number of aryl methyl sites for hydroxylation is 1. The van der Waals surface area contributed by atoms with Crippen molar-refractivity contribution < 1.29 is 9.53 Å². The van der Waals surface area contributed by atoms with Crippen molar-refractivity contribution in [3.8, 4) is 17.0 Å². The van der Waals surface area contributed by atoms with Gasteiger partial charge >= 0.3 is 0 Å². The minimum absolute atomic E-state index is 0.217. The molecule has 186 valence electrons. The summed E-state index contributed by atoms with van der Waals surface area (Å²) in [6, 6.07) is 11.4. The lowest BCUT2D eigenvalue weighted by Crippen LogP contribution is -2.46. The zero-order valence-corrected chi connectivity index (χ0v) is 21.1. The standard InChI is InChI=1S/C27H31N7O2/c1-5-33-14-20-12-19(33)15-34(20)22-7-6-18(10-16(22)2)30-26-28-9-8-21(31-26)17-11-23-24(29-13-17)32-25(35)27(3,4)36-23/h6-11,13,19-20H,5,12,14-15H2,1-4H3,(H,28,30,31)(H,29,32,35)/t19-,20+/m0/s1. The van der Waals surface area contributed by atoms with Gasteiger partial charge in [-0.2, -0.15) is 0 Å². The van der Waals surface area contributed by atoms with Crippen molar-refractivity contribution in [2.45, 2.75) is 51.8 Å². The molecule has 3 aromatic rings. The number of hydrogen-bond donors (Lipinski definition) is 2. The van der Waals surface area contributed by atoms with Crippen molar-refractivity contribution in [1.29, 1.82) is 0 Å². The summed E-state index contributed by atoms with van der Waals surface area (Å²) >= 11 is 0. The fourth-order valence-electron chi connectivity index (χ4n) is 5.53. The predicted molar refractivity (Wildman–Crippen MR) is 140 cm³/mol. The molecule has 36 heavy (non-hydrogen) atoms. The van der Waals surface area contributed by atoms with Crippen LogP contribution in [-0.2, 0) is 4.79 Å². The molecule has 0 radical (unpaired) electrons. The molecule has 6 rings (SSSR count). The van der Waals surface area contributed by atoms with E-state index in [-0.39, 0.29) is 5.91 Å². The number of carbonyl (C=O) groups is 1. The van der Waals surface area contributed by atoms with Crippen LogP contribution in [0.25, 0.3) is 11.3 Å². The molecule has 2 bridgehead atoms. The molecule has 3 aliphatic heterocycles. The van der Waals surface area contributed by atoms with E-state index in [9.17, 15) is 4.79 Å². The predicted octanol–water partition coefficient (Wildman–Crippen LogP) is 3.98. The monoisotopic (exact) mass is 485 g/mol. The highest BCUT2D eigenvalue weighted by molar-refractivity contribution is 5.99. The van der Waals surface area contributed by atoms with E-state index in [4.69, 9.17) is 9.72 Å². The molecule has 2 aromatic heterocycles. The van der Waals surface area contributed by atoms with Gasteiger partial charge in [0, 0.05) is 54.5 Å². The molecule has 2 N–H and O–H groups in total. The maximum absolute atomic E-state index is 12.1. The summed E-state index contributed by atoms with van der Waals surface area (Å²) in [6.45, 7) is 11.3. The number of fused-ring (bicyclic) bond motifs is 3. The normalized spacial score (nSPS) is 22.2. The number of aromatic nitrogens is 3. The maximum atomic E-state index is 12.1. The van der Waals surface area contributed by atoms with Crippen LogP contribution in [0.3, 0.4) is 0 Å². The second-order valence-electron chi connectivity index (χ2n) is 10.3. The number of nitrogens with one attached hydrogen (secondary N) is 2. The summed E-state index contributed by atoms with van der Waals surface area (Å²) in [5.74, 6) is 1.23. The molecule has 1 amide bonds. The second-order valence-corrected chi connectivity index (χ2v) is 10.3. The van der Waals surface area contributed by atoms with Gasteiger partial charge in [0.1, 0.15) is 0 Å². The lowest BCUT2D eigenvalue weighted by molar-refractivity contribution is -0.129. The van der Waals surface area contributed by atoms with Crippen LogP contribution in [0.2, 0.25) is 0 Å². The zero-order chi connectivity index (χ0) is 25.0. The minimum atomic E-state index is -0.959. The van der Waals surface area contributed by atoms with Crippen molar-refractivity contribution in [3.05, 3.63) is 48.3 Å². The van der Waals surface area contributed by atoms with Crippen molar-refractivity contribution in [2.24, 2.45) is 0 Å². The summed E-state index contributed by atoms with van der Waals surface area (Å²) in [5.41, 5.74) is 4.04. The number of rotatable bonds is 5. The third-order valence-electron chi connectivity index (χ3n) is 7.47.